The largest absolute Gasteiger partial charge is 0.310 e. The molecule has 0 aliphatic carbocycles. The van der Waals surface area contributed by atoms with E-state index in [9.17, 15) is 23.3 Å². The van der Waals surface area contributed by atoms with Crippen molar-refractivity contribution in [2.45, 2.75) is 38.5 Å². The number of aromatic nitrogens is 1. The molecule has 2 heterocycles. The van der Waals surface area contributed by atoms with Crippen LogP contribution < -0.4 is 5.32 Å². The van der Waals surface area contributed by atoms with Crippen LogP contribution in [0.5, 0.6) is 0 Å². The minimum absolute atomic E-state index is 0.0546. The standard InChI is InChI=1S/C20H24N4O5S/c1-13-4-7-21-19(10-13)22-20(25)16-5-8-23(9-6-16)30(28,29)18-12-17(24(26)27)11-14(2)15(18)3/h4,7,10-12,16H,5-6,8-9H2,1-3H3,(H,21,22,25). The van der Waals surface area contributed by atoms with Crippen LogP contribution in [0.4, 0.5) is 11.5 Å². The summed E-state index contributed by atoms with van der Waals surface area (Å²) in [7, 11) is -3.90. The fraction of sp³-hybridized carbons (Fsp3) is 0.400. The lowest BCUT2D eigenvalue weighted by atomic mass is 9.97. The topological polar surface area (TPSA) is 123 Å². The normalized spacial score (nSPS) is 15.7. The number of pyridine rings is 1. The second kappa shape index (κ2) is 8.49. The summed E-state index contributed by atoms with van der Waals surface area (Å²) in [6.45, 7) is 5.53. The zero-order chi connectivity index (χ0) is 22.1. The molecule has 3 rings (SSSR count). The van der Waals surface area contributed by atoms with Crippen molar-refractivity contribution in [1.29, 1.82) is 0 Å². The SMILES string of the molecule is Cc1ccnc(NC(=O)C2CCN(S(=O)(=O)c3cc([N+](=O)[O-])cc(C)c3C)CC2)c1. The maximum Gasteiger partial charge on any atom is 0.271 e. The molecule has 0 spiro atoms. The van der Waals surface area contributed by atoms with Gasteiger partial charge in [-0.2, -0.15) is 4.31 Å². The van der Waals surface area contributed by atoms with Crippen molar-refractivity contribution in [3.63, 3.8) is 0 Å². The van der Waals surface area contributed by atoms with Crippen molar-refractivity contribution in [1.82, 2.24) is 9.29 Å². The molecular formula is C20H24N4O5S. The Morgan fingerprint density at radius 3 is 2.47 bits per heavy atom. The number of hydrogen-bond donors (Lipinski definition) is 1. The summed E-state index contributed by atoms with van der Waals surface area (Å²) in [5.41, 5.74) is 1.76. The van der Waals surface area contributed by atoms with E-state index >= 15 is 0 Å². The van der Waals surface area contributed by atoms with E-state index in [0.717, 1.165) is 11.6 Å². The molecule has 0 radical (unpaired) electrons. The third-order valence-electron chi connectivity index (χ3n) is 5.42. The summed E-state index contributed by atoms with van der Waals surface area (Å²) in [6, 6.07) is 6.08. The van der Waals surface area contributed by atoms with Crippen LogP contribution in [0.25, 0.3) is 0 Å². The molecule has 1 aromatic heterocycles. The summed E-state index contributed by atoms with van der Waals surface area (Å²) in [4.78, 5) is 27.2. The van der Waals surface area contributed by atoms with Crippen LogP contribution in [-0.2, 0) is 14.8 Å². The molecule has 160 valence electrons. The van der Waals surface area contributed by atoms with Crippen LogP contribution in [0.1, 0.15) is 29.5 Å². The van der Waals surface area contributed by atoms with Crippen molar-refractivity contribution in [2.75, 3.05) is 18.4 Å². The average molecular weight is 433 g/mol. The highest BCUT2D eigenvalue weighted by atomic mass is 32.2. The number of nitro groups is 1. The number of piperidine rings is 1. The summed E-state index contributed by atoms with van der Waals surface area (Å²) < 4.78 is 27.6. The number of nitrogens with one attached hydrogen (secondary N) is 1. The van der Waals surface area contributed by atoms with Gasteiger partial charge in [-0.05, 0) is 62.4 Å². The van der Waals surface area contributed by atoms with Gasteiger partial charge >= 0.3 is 0 Å². The van der Waals surface area contributed by atoms with Gasteiger partial charge in [-0.25, -0.2) is 13.4 Å². The molecule has 0 atom stereocenters. The van der Waals surface area contributed by atoms with Crippen LogP contribution in [0.15, 0.2) is 35.4 Å². The maximum atomic E-state index is 13.1. The van der Waals surface area contributed by atoms with Gasteiger partial charge in [0.05, 0.1) is 9.82 Å². The third kappa shape index (κ3) is 4.49. The average Bonchev–Trinajstić information content (AvgIpc) is 2.69. The van der Waals surface area contributed by atoms with Crippen LogP contribution in [0, 0.1) is 36.8 Å². The van der Waals surface area contributed by atoms with Crippen molar-refractivity contribution >= 4 is 27.4 Å². The molecule has 30 heavy (non-hydrogen) atoms. The Balaban J connectivity index is 1.73. The van der Waals surface area contributed by atoms with Crippen molar-refractivity contribution in [2.24, 2.45) is 5.92 Å². The van der Waals surface area contributed by atoms with Crippen LogP contribution in [0.2, 0.25) is 0 Å². The third-order valence-corrected chi connectivity index (χ3v) is 7.45. The van der Waals surface area contributed by atoms with E-state index in [2.05, 4.69) is 10.3 Å². The molecule has 1 aromatic carbocycles. The van der Waals surface area contributed by atoms with Crippen LogP contribution in [0.3, 0.4) is 0 Å². The lowest BCUT2D eigenvalue weighted by molar-refractivity contribution is -0.385. The monoisotopic (exact) mass is 432 g/mol. The van der Waals surface area contributed by atoms with Gasteiger partial charge in [-0.1, -0.05) is 0 Å². The van der Waals surface area contributed by atoms with Gasteiger partial charge in [-0.15, -0.1) is 0 Å². The lowest BCUT2D eigenvalue weighted by Crippen LogP contribution is -2.41. The van der Waals surface area contributed by atoms with Gasteiger partial charge in [0.25, 0.3) is 5.69 Å². The number of amides is 1. The van der Waals surface area contributed by atoms with Crippen LogP contribution >= 0.6 is 0 Å². The lowest BCUT2D eigenvalue weighted by Gasteiger charge is -2.31. The zero-order valence-corrected chi connectivity index (χ0v) is 17.9. The van der Waals surface area contributed by atoms with Crippen LogP contribution in [-0.4, -0.2) is 41.6 Å². The number of anilines is 1. The first kappa shape index (κ1) is 21.8. The predicted molar refractivity (Wildman–Crippen MR) is 112 cm³/mol. The van der Waals surface area contributed by atoms with Crippen molar-refractivity contribution in [3.8, 4) is 0 Å². The minimum atomic E-state index is -3.90. The molecule has 10 heteroatoms. The number of hydrogen-bond acceptors (Lipinski definition) is 6. The van der Waals surface area contributed by atoms with E-state index < -0.39 is 14.9 Å². The van der Waals surface area contributed by atoms with Crippen molar-refractivity contribution in [3.05, 3.63) is 57.3 Å². The molecule has 1 aliphatic heterocycles. The highest BCUT2D eigenvalue weighted by Gasteiger charge is 2.34. The fourth-order valence-electron chi connectivity index (χ4n) is 3.51. The number of carbonyl (C=O) groups excluding carboxylic acids is 1. The molecule has 1 N–H and O–H groups in total. The number of benzene rings is 1. The first-order valence-corrected chi connectivity index (χ1v) is 11.0. The van der Waals surface area contributed by atoms with Gasteiger partial charge in [0.2, 0.25) is 15.9 Å². The molecule has 0 bridgehead atoms. The Morgan fingerprint density at radius 1 is 1.20 bits per heavy atom. The zero-order valence-electron chi connectivity index (χ0n) is 17.1. The molecule has 0 unspecified atom stereocenters. The number of carbonyl (C=O) groups is 1. The Labute approximate surface area is 175 Å². The van der Waals surface area contributed by atoms with E-state index in [4.69, 9.17) is 0 Å². The Bertz CT molecular complexity index is 1090. The van der Waals surface area contributed by atoms with Gasteiger partial charge in [0.1, 0.15) is 5.82 Å². The summed E-state index contributed by atoms with van der Waals surface area (Å²) in [5.74, 6) is -0.0445. The number of sulfonamides is 1. The Hall–Kier alpha value is -2.85. The van der Waals surface area contributed by atoms with E-state index in [-0.39, 0.29) is 35.5 Å². The van der Waals surface area contributed by atoms with E-state index in [0.29, 0.717) is 29.8 Å². The van der Waals surface area contributed by atoms with Gasteiger partial charge in [0.15, 0.2) is 0 Å². The Kier molecular flexibility index (Phi) is 6.18. The number of aryl methyl sites for hydroxylation is 2. The second-order valence-corrected chi connectivity index (χ2v) is 9.44. The van der Waals surface area contributed by atoms with E-state index in [1.807, 2.05) is 13.0 Å². The quantitative estimate of drug-likeness (QED) is 0.572. The smallest absolute Gasteiger partial charge is 0.271 e. The molecule has 1 aliphatic rings. The molecule has 1 fully saturated rings. The van der Waals surface area contributed by atoms with E-state index in [1.165, 1.54) is 10.4 Å². The predicted octanol–water partition coefficient (Wildman–Crippen LogP) is 2.95. The fourth-order valence-corrected chi connectivity index (χ4v) is 5.30. The second-order valence-electron chi connectivity index (χ2n) is 7.53. The highest BCUT2D eigenvalue weighted by Crippen LogP contribution is 2.30. The number of nitro benzene ring substituents is 1. The summed E-state index contributed by atoms with van der Waals surface area (Å²) >= 11 is 0. The van der Waals surface area contributed by atoms with Gasteiger partial charge in [0, 0.05) is 37.3 Å². The number of nitrogens with zero attached hydrogens (tertiary/aromatic N) is 3. The minimum Gasteiger partial charge on any atom is -0.310 e. The molecule has 0 saturated carbocycles. The van der Waals surface area contributed by atoms with E-state index in [1.54, 1.807) is 26.1 Å². The first-order chi connectivity index (χ1) is 14.1. The Morgan fingerprint density at radius 2 is 1.87 bits per heavy atom. The van der Waals surface area contributed by atoms with Crippen molar-refractivity contribution < 1.29 is 18.1 Å². The number of non-ortho nitro benzene ring substituents is 1. The molecule has 1 amide bonds. The first-order valence-electron chi connectivity index (χ1n) is 9.59. The highest BCUT2D eigenvalue weighted by molar-refractivity contribution is 7.89. The molecule has 2 aromatic rings. The number of rotatable bonds is 5. The van der Waals surface area contributed by atoms with Gasteiger partial charge < -0.3 is 5.32 Å². The maximum absolute atomic E-state index is 13.1. The summed E-state index contributed by atoms with van der Waals surface area (Å²) in [6.07, 6.45) is 2.34. The summed E-state index contributed by atoms with van der Waals surface area (Å²) in [5, 5.41) is 13.9. The molecule has 1 saturated heterocycles. The molecule has 9 nitrogen and oxygen atoms in total. The van der Waals surface area contributed by atoms with Gasteiger partial charge in [-0.3, -0.25) is 14.9 Å². The molecular weight excluding hydrogens is 408 g/mol.